The van der Waals surface area contributed by atoms with Gasteiger partial charge in [0.2, 0.25) is 0 Å². The van der Waals surface area contributed by atoms with Gasteiger partial charge >= 0.3 is 6.03 Å². The standard InChI is InChI=1S/C20H24N2O2/c1-24-18-9-7-17(8-10-18)20(12-13-20)15-22-19(23)21-14-11-16-5-3-2-4-6-16/h2-10H,11-15H2,1H3,(H2,21,22,23). The van der Waals surface area contributed by atoms with Crippen LogP contribution in [0.25, 0.3) is 0 Å². The topological polar surface area (TPSA) is 50.4 Å². The Labute approximate surface area is 143 Å². The zero-order valence-electron chi connectivity index (χ0n) is 14.0. The van der Waals surface area contributed by atoms with Crippen LogP contribution in [0.1, 0.15) is 24.0 Å². The Kier molecular flexibility index (Phi) is 5.04. The summed E-state index contributed by atoms with van der Waals surface area (Å²) in [5, 5.41) is 5.95. The van der Waals surface area contributed by atoms with Crippen LogP contribution in [-0.4, -0.2) is 26.2 Å². The van der Waals surface area contributed by atoms with Crippen LogP contribution >= 0.6 is 0 Å². The molecule has 24 heavy (non-hydrogen) atoms. The van der Waals surface area contributed by atoms with Gasteiger partial charge < -0.3 is 15.4 Å². The van der Waals surface area contributed by atoms with Crippen LogP contribution in [-0.2, 0) is 11.8 Å². The molecule has 3 rings (SSSR count). The Bertz CT molecular complexity index is 664. The quantitative estimate of drug-likeness (QED) is 0.821. The molecule has 1 saturated carbocycles. The third-order valence-electron chi connectivity index (χ3n) is 4.69. The maximum absolute atomic E-state index is 12.0. The first-order valence-corrected chi connectivity index (χ1v) is 8.42. The highest BCUT2D eigenvalue weighted by Gasteiger charge is 2.44. The van der Waals surface area contributed by atoms with Crippen molar-refractivity contribution in [2.24, 2.45) is 0 Å². The fraction of sp³-hybridized carbons (Fsp3) is 0.350. The van der Waals surface area contributed by atoms with Crippen LogP contribution in [0, 0.1) is 0 Å². The van der Waals surface area contributed by atoms with Gasteiger partial charge in [-0.05, 0) is 42.5 Å². The zero-order chi connectivity index (χ0) is 16.8. The summed E-state index contributed by atoms with van der Waals surface area (Å²) < 4.78 is 5.20. The lowest BCUT2D eigenvalue weighted by Gasteiger charge is -2.17. The van der Waals surface area contributed by atoms with Crippen molar-refractivity contribution in [3.05, 3.63) is 65.7 Å². The summed E-state index contributed by atoms with van der Waals surface area (Å²) in [4.78, 5) is 12.0. The summed E-state index contributed by atoms with van der Waals surface area (Å²) in [6.07, 6.45) is 3.07. The highest BCUT2D eigenvalue weighted by molar-refractivity contribution is 5.74. The van der Waals surface area contributed by atoms with E-state index >= 15 is 0 Å². The lowest BCUT2D eigenvalue weighted by atomic mass is 9.96. The molecule has 2 aromatic rings. The van der Waals surface area contributed by atoms with Gasteiger partial charge in [0.15, 0.2) is 0 Å². The molecular weight excluding hydrogens is 300 g/mol. The molecule has 2 N–H and O–H groups in total. The van der Waals surface area contributed by atoms with Crippen molar-refractivity contribution in [3.63, 3.8) is 0 Å². The molecule has 0 aromatic heterocycles. The average Bonchev–Trinajstić information content (AvgIpc) is 3.42. The number of benzene rings is 2. The van der Waals surface area contributed by atoms with Crippen LogP contribution in [0.5, 0.6) is 5.75 Å². The normalized spacial score (nSPS) is 14.7. The summed E-state index contributed by atoms with van der Waals surface area (Å²) in [6, 6.07) is 18.2. The number of hydrogen-bond donors (Lipinski definition) is 2. The van der Waals surface area contributed by atoms with Gasteiger partial charge in [0.25, 0.3) is 0 Å². The Morgan fingerprint density at radius 3 is 2.38 bits per heavy atom. The Hall–Kier alpha value is -2.49. The first-order chi connectivity index (χ1) is 11.7. The number of rotatable bonds is 7. The summed E-state index contributed by atoms with van der Waals surface area (Å²) in [6.45, 7) is 1.32. The van der Waals surface area contributed by atoms with Crippen molar-refractivity contribution in [1.29, 1.82) is 0 Å². The molecule has 4 heteroatoms. The van der Waals surface area contributed by atoms with Crippen molar-refractivity contribution < 1.29 is 9.53 Å². The molecule has 0 aliphatic heterocycles. The molecule has 0 heterocycles. The van der Waals surface area contributed by atoms with Crippen molar-refractivity contribution in [2.75, 3.05) is 20.2 Å². The van der Waals surface area contributed by atoms with Crippen molar-refractivity contribution >= 4 is 6.03 Å². The maximum atomic E-state index is 12.0. The Balaban J connectivity index is 1.43. The Morgan fingerprint density at radius 2 is 1.75 bits per heavy atom. The minimum atomic E-state index is -0.0919. The van der Waals surface area contributed by atoms with Crippen LogP contribution in [0.2, 0.25) is 0 Å². The molecule has 0 spiro atoms. The second kappa shape index (κ2) is 7.39. The van der Waals surface area contributed by atoms with E-state index in [1.807, 2.05) is 30.3 Å². The SMILES string of the molecule is COc1ccc(C2(CNC(=O)NCCc3ccccc3)CC2)cc1. The lowest BCUT2D eigenvalue weighted by molar-refractivity contribution is 0.240. The molecule has 2 amide bonds. The first-order valence-electron chi connectivity index (χ1n) is 8.42. The third-order valence-corrected chi connectivity index (χ3v) is 4.69. The van der Waals surface area contributed by atoms with Gasteiger partial charge in [-0.15, -0.1) is 0 Å². The summed E-state index contributed by atoms with van der Waals surface area (Å²) >= 11 is 0. The number of urea groups is 1. The molecule has 4 nitrogen and oxygen atoms in total. The predicted octanol–water partition coefficient (Wildman–Crippen LogP) is 3.27. The smallest absolute Gasteiger partial charge is 0.314 e. The zero-order valence-corrected chi connectivity index (χ0v) is 14.0. The number of nitrogens with one attached hydrogen (secondary N) is 2. The Morgan fingerprint density at radius 1 is 1.04 bits per heavy atom. The van der Waals surface area contributed by atoms with Crippen molar-refractivity contribution in [2.45, 2.75) is 24.7 Å². The molecule has 126 valence electrons. The van der Waals surface area contributed by atoms with E-state index in [0.29, 0.717) is 13.1 Å². The third kappa shape index (κ3) is 4.07. The van der Waals surface area contributed by atoms with Gasteiger partial charge in [0.1, 0.15) is 5.75 Å². The molecule has 0 saturated heterocycles. The molecular formula is C20H24N2O2. The number of ether oxygens (including phenoxy) is 1. The number of methoxy groups -OCH3 is 1. The van der Waals surface area contributed by atoms with Gasteiger partial charge in [-0.25, -0.2) is 4.79 Å². The van der Waals surface area contributed by atoms with E-state index < -0.39 is 0 Å². The van der Waals surface area contributed by atoms with E-state index in [2.05, 4.69) is 34.9 Å². The number of hydrogen-bond acceptors (Lipinski definition) is 2. The number of carbonyl (C=O) groups is 1. The average molecular weight is 324 g/mol. The van der Waals surface area contributed by atoms with Gasteiger partial charge in [-0.2, -0.15) is 0 Å². The first kappa shape index (κ1) is 16.4. The molecule has 2 aromatic carbocycles. The monoisotopic (exact) mass is 324 g/mol. The van der Waals surface area contributed by atoms with Gasteiger partial charge in [0, 0.05) is 18.5 Å². The fourth-order valence-electron chi connectivity index (χ4n) is 2.94. The highest BCUT2D eigenvalue weighted by Crippen LogP contribution is 2.47. The highest BCUT2D eigenvalue weighted by atomic mass is 16.5. The van der Waals surface area contributed by atoms with Crippen molar-refractivity contribution in [1.82, 2.24) is 10.6 Å². The van der Waals surface area contributed by atoms with Gasteiger partial charge in [0.05, 0.1) is 7.11 Å². The maximum Gasteiger partial charge on any atom is 0.314 e. The minimum absolute atomic E-state index is 0.0919. The summed E-state index contributed by atoms with van der Waals surface area (Å²) in [5.74, 6) is 0.862. The van der Waals surface area contributed by atoms with E-state index in [-0.39, 0.29) is 11.4 Å². The molecule has 0 unspecified atom stereocenters. The van der Waals surface area contributed by atoms with E-state index in [0.717, 1.165) is 25.0 Å². The largest absolute Gasteiger partial charge is 0.497 e. The molecule has 0 radical (unpaired) electrons. The fourth-order valence-corrected chi connectivity index (χ4v) is 2.94. The van der Waals surface area contributed by atoms with Crippen LogP contribution in [0.4, 0.5) is 4.79 Å². The molecule has 0 bridgehead atoms. The van der Waals surface area contributed by atoms with Crippen molar-refractivity contribution in [3.8, 4) is 5.75 Å². The summed E-state index contributed by atoms with van der Waals surface area (Å²) in [5.41, 5.74) is 2.60. The van der Waals surface area contributed by atoms with Crippen LogP contribution in [0.3, 0.4) is 0 Å². The second-order valence-corrected chi connectivity index (χ2v) is 6.35. The van der Waals surface area contributed by atoms with Gasteiger partial charge in [-0.3, -0.25) is 0 Å². The number of carbonyl (C=O) groups excluding carboxylic acids is 1. The minimum Gasteiger partial charge on any atom is -0.497 e. The van der Waals surface area contributed by atoms with E-state index in [9.17, 15) is 4.79 Å². The van der Waals surface area contributed by atoms with Crippen LogP contribution < -0.4 is 15.4 Å². The molecule has 1 fully saturated rings. The van der Waals surface area contributed by atoms with E-state index in [4.69, 9.17) is 4.74 Å². The molecule has 1 aliphatic rings. The predicted molar refractivity (Wildman–Crippen MR) is 95.5 cm³/mol. The molecule has 1 aliphatic carbocycles. The molecule has 0 atom stereocenters. The van der Waals surface area contributed by atoms with Gasteiger partial charge in [-0.1, -0.05) is 42.5 Å². The van der Waals surface area contributed by atoms with Crippen LogP contribution in [0.15, 0.2) is 54.6 Å². The second-order valence-electron chi connectivity index (χ2n) is 6.35. The lowest BCUT2D eigenvalue weighted by Crippen LogP contribution is -2.40. The van der Waals surface area contributed by atoms with E-state index in [1.165, 1.54) is 11.1 Å². The number of amides is 2. The van der Waals surface area contributed by atoms with E-state index in [1.54, 1.807) is 7.11 Å². The summed E-state index contributed by atoms with van der Waals surface area (Å²) in [7, 11) is 1.67.